The summed E-state index contributed by atoms with van der Waals surface area (Å²) in [6.07, 6.45) is 5.09. The van der Waals surface area contributed by atoms with Crippen molar-refractivity contribution in [3.63, 3.8) is 0 Å². The Morgan fingerprint density at radius 1 is 1.12 bits per heavy atom. The van der Waals surface area contributed by atoms with Crippen molar-refractivity contribution >= 4 is 11.9 Å². The third-order valence-corrected chi connectivity index (χ3v) is 5.71. The predicted molar refractivity (Wildman–Crippen MR) is 91.8 cm³/mol. The number of piperidine rings is 1. The van der Waals surface area contributed by atoms with Gasteiger partial charge in [-0.3, -0.25) is 4.79 Å². The van der Waals surface area contributed by atoms with Crippen LogP contribution in [-0.4, -0.2) is 54.0 Å². The number of rotatable bonds is 2. The number of hydrogen-bond donors (Lipinski definition) is 1. The molecule has 3 aliphatic rings. The van der Waals surface area contributed by atoms with E-state index >= 15 is 0 Å². The van der Waals surface area contributed by atoms with Gasteiger partial charge in [0.15, 0.2) is 0 Å². The molecule has 24 heavy (non-hydrogen) atoms. The summed E-state index contributed by atoms with van der Waals surface area (Å²) >= 11 is 0. The maximum atomic E-state index is 13.2. The van der Waals surface area contributed by atoms with Gasteiger partial charge in [-0.15, -0.1) is 0 Å². The molecular formula is C19H25N3O2. The molecule has 0 aromatic heterocycles. The molecule has 128 valence electrons. The number of amides is 3. The first kappa shape index (κ1) is 15.5. The third-order valence-electron chi connectivity index (χ3n) is 5.71. The first-order valence-corrected chi connectivity index (χ1v) is 9.15. The number of fused-ring (bicyclic) bond motifs is 1. The maximum Gasteiger partial charge on any atom is 0.317 e. The highest BCUT2D eigenvalue weighted by Crippen LogP contribution is 2.33. The number of hydrogen-bond acceptors (Lipinski definition) is 2. The minimum atomic E-state index is 0.00102. The Hall–Kier alpha value is -2.04. The highest BCUT2D eigenvalue weighted by molar-refractivity contribution is 5.85. The molecule has 5 heteroatoms. The molecule has 0 saturated carbocycles. The van der Waals surface area contributed by atoms with Crippen LogP contribution in [0.4, 0.5) is 4.79 Å². The highest BCUT2D eigenvalue weighted by atomic mass is 16.2. The Bertz CT molecular complexity index is 645. The van der Waals surface area contributed by atoms with Crippen LogP contribution in [0, 0.1) is 0 Å². The Labute approximate surface area is 143 Å². The molecule has 0 unspecified atom stereocenters. The Morgan fingerprint density at radius 2 is 2.00 bits per heavy atom. The lowest BCUT2D eigenvalue weighted by atomic mass is 9.81. The average molecular weight is 327 g/mol. The molecule has 2 fully saturated rings. The quantitative estimate of drug-likeness (QED) is 0.905. The van der Waals surface area contributed by atoms with Gasteiger partial charge in [0.05, 0.1) is 12.0 Å². The monoisotopic (exact) mass is 327 g/mol. The number of nitrogens with one attached hydrogen (secondary N) is 1. The second-order valence-electron chi connectivity index (χ2n) is 7.15. The van der Waals surface area contributed by atoms with Gasteiger partial charge in [0.1, 0.15) is 0 Å². The van der Waals surface area contributed by atoms with Gasteiger partial charge in [0.25, 0.3) is 0 Å². The van der Waals surface area contributed by atoms with Gasteiger partial charge in [-0.25, -0.2) is 4.79 Å². The lowest BCUT2D eigenvalue weighted by Crippen LogP contribution is -2.51. The van der Waals surface area contributed by atoms with Crippen molar-refractivity contribution in [3.8, 4) is 0 Å². The standard InChI is InChI=1S/C19H25N3O2/c23-18(17-9-3-6-14-5-1-2-8-16(14)17)21-11-4-7-15(13-21)22-12-10-20-19(22)24/h1-2,5,8,15,17H,3-4,6-7,9-13H2,(H,20,24)/t15-,17+/m0/s1. The Balaban J connectivity index is 1.49. The number of aryl methyl sites for hydroxylation is 1. The molecule has 1 aromatic carbocycles. The van der Waals surface area contributed by atoms with Crippen LogP contribution in [0.25, 0.3) is 0 Å². The van der Waals surface area contributed by atoms with Crippen LogP contribution in [0.1, 0.15) is 42.7 Å². The van der Waals surface area contributed by atoms with E-state index in [9.17, 15) is 9.59 Å². The number of benzene rings is 1. The zero-order valence-electron chi connectivity index (χ0n) is 14.0. The topological polar surface area (TPSA) is 52.7 Å². The lowest BCUT2D eigenvalue weighted by molar-refractivity contribution is -0.135. The van der Waals surface area contributed by atoms with E-state index in [0.29, 0.717) is 6.54 Å². The van der Waals surface area contributed by atoms with Gasteiger partial charge in [-0.1, -0.05) is 24.3 Å². The summed E-state index contributed by atoms with van der Waals surface area (Å²) < 4.78 is 0. The second-order valence-corrected chi connectivity index (χ2v) is 7.15. The van der Waals surface area contributed by atoms with E-state index in [0.717, 1.165) is 51.7 Å². The van der Waals surface area contributed by atoms with E-state index in [4.69, 9.17) is 0 Å². The summed E-state index contributed by atoms with van der Waals surface area (Å²) in [4.78, 5) is 29.0. The zero-order chi connectivity index (χ0) is 16.5. The normalized spacial score (nSPS) is 26.9. The van der Waals surface area contributed by atoms with Gasteiger partial charge in [0.2, 0.25) is 5.91 Å². The van der Waals surface area contributed by atoms with E-state index in [2.05, 4.69) is 23.5 Å². The number of urea groups is 1. The van der Waals surface area contributed by atoms with Gasteiger partial charge in [0, 0.05) is 26.2 Å². The fourth-order valence-corrected chi connectivity index (χ4v) is 4.47. The summed E-state index contributed by atoms with van der Waals surface area (Å²) in [5.41, 5.74) is 2.55. The maximum absolute atomic E-state index is 13.2. The zero-order valence-corrected chi connectivity index (χ0v) is 14.0. The van der Waals surface area contributed by atoms with Crippen LogP contribution in [0.5, 0.6) is 0 Å². The van der Waals surface area contributed by atoms with Crippen molar-refractivity contribution < 1.29 is 9.59 Å². The largest absolute Gasteiger partial charge is 0.340 e. The molecule has 1 aromatic rings. The summed E-state index contributed by atoms with van der Waals surface area (Å²) in [5, 5.41) is 2.87. The Kier molecular flexibility index (Phi) is 4.17. The average Bonchev–Trinajstić information content (AvgIpc) is 3.07. The van der Waals surface area contributed by atoms with Crippen molar-refractivity contribution in [1.82, 2.24) is 15.1 Å². The number of carbonyl (C=O) groups is 2. The smallest absolute Gasteiger partial charge is 0.317 e. The second kappa shape index (κ2) is 6.46. The molecule has 1 N–H and O–H groups in total. The van der Waals surface area contributed by atoms with Gasteiger partial charge < -0.3 is 15.1 Å². The summed E-state index contributed by atoms with van der Waals surface area (Å²) in [7, 11) is 0. The van der Waals surface area contributed by atoms with Crippen LogP contribution < -0.4 is 5.32 Å². The predicted octanol–water partition coefficient (Wildman–Crippen LogP) is 2.12. The number of carbonyl (C=O) groups excluding carboxylic acids is 2. The molecule has 4 rings (SSSR count). The molecule has 0 radical (unpaired) electrons. The summed E-state index contributed by atoms with van der Waals surface area (Å²) in [6, 6.07) is 8.57. The van der Waals surface area contributed by atoms with E-state index in [1.807, 2.05) is 15.9 Å². The fraction of sp³-hybridized carbons (Fsp3) is 0.579. The van der Waals surface area contributed by atoms with Crippen LogP contribution in [0.2, 0.25) is 0 Å². The third kappa shape index (κ3) is 2.76. The molecule has 5 nitrogen and oxygen atoms in total. The molecular weight excluding hydrogens is 302 g/mol. The van der Waals surface area contributed by atoms with E-state index in [-0.39, 0.29) is 23.9 Å². The Morgan fingerprint density at radius 3 is 2.83 bits per heavy atom. The van der Waals surface area contributed by atoms with Crippen molar-refractivity contribution in [2.45, 2.75) is 44.1 Å². The SMILES string of the molecule is O=C([C@@H]1CCCc2ccccc21)N1CCC[C@H](N2CCNC2=O)C1. The fourth-order valence-electron chi connectivity index (χ4n) is 4.47. The lowest BCUT2D eigenvalue weighted by Gasteiger charge is -2.39. The molecule has 0 spiro atoms. The van der Waals surface area contributed by atoms with Crippen LogP contribution in [-0.2, 0) is 11.2 Å². The summed E-state index contributed by atoms with van der Waals surface area (Å²) in [6.45, 7) is 2.99. The first-order valence-electron chi connectivity index (χ1n) is 9.15. The van der Waals surface area contributed by atoms with Crippen LogP contribution in [0.15, 0.2) is 24.3 Å². The molecule has 1 aliphatic carbocycles. The number of nitrogens with zero attached hydrogens (tertiary/aromatic N) is 2. The van der Waals surface area contributed by atoms with Gasteiger partial charge >= 0.3 is 6.03 Å². The minimum absolute atomic E-state index is 0.00102. The molecule has 2 atom stereocenters. The van der Waals surface area contributed by atoms with Crippen molar-refractivity contribution in [1.29, 1.82) is 0 Å². The van der Waals surface area contributed by atoms with Crippen LogP contribution >= 0.6 is 0 Å². The first-order chi connectivity index (χ1) is 11.7. The minimum Gasteiger partial charge on any atom is -0.340 e. The molecule has 3 amide bonds. The van der Waals surface area contributed by atoms with E-state index in [1.54, 1.807) is 0 Å². The molecule has 2 saturated heterocycles. The van der Waals surface area contributed by atoms with Gasteiger partial charge in [-0.2, -0.15) is 0 Å². The molecule has 0 bridgehead atoms. The van der Waals surface area contributed by atoms with Crippen molar-refractivity contribution in [2.24, 2.45) is 0 Å². The van der Waals surface area contributed by atoms with Crippen molar-refractivity contribution in [2.75, 3.05) is 26.2 Å². The summed E-state index contributed by atoms with van der Waals surface area (Å²) in [5.74, 6) is 0.257. The molecule has 2 aliphatic heterocycles. The number of likely N-dealkylation sites (tertiary alicyclic amines) is 1. The van der Waals surface area contributed by atoms with Crippen molar-refractivity contribution in [3.05, 3.63) is 35.4 Å². The van der Waals surface area contributed by atoms with E-state index < -0.39 is 0 Å². The van der Waals surface area contributed by atoms with E-state index in [1.165, 1.54) is 11.1 Å². The molecule has 2 heterocycles. The highest BCUT2D eigenvalue weighted by Gasteiger charge is 2.36. The van der Waals surface area contributed by atoms with Crippen LogP contribution in [0.3, 0.4) is 0 Å². The van der Waals surface area contributed by atoms with Gasteiger partial charge in [-0.05, 0) is 43.2 Å².